The van der Waals surface area contributed by atoms with Crippen LogP contribution in [0.5, 0.6) is 0 Å². The Hall–Kier alpha value is -1.32. The summed E-state index contributed by atoms with van der Waals surface area (Å²) in [5.41, 5.74) is 0.746. The summed E-state index contributed by atoms with van der Waals surface area (Å²) in [7, 11) is 1.81. The minimum Gasteiger partial charge on any atom is -0.323 e. The molecule has 1 heterocycles. The van der Waals surface area contributed by atoms with Crippen molar-refractivity contribution in [3.63, 3.8) is 0 Å². The summed E-state index contributed by atoms with van der Waals surface area (Å²) in [6.45, 7) is 7.71. The number of aryl methyl sites for hydroxylation is 1. The maximum Gasteiger partial charge on any atom is 0.227 e. The van der Waals surface area contributed by atoms with E-state index in [0.717, 1.165) is 5.69 Å². The van der Waals surface area contributed by atoms with Gasteiger partial charge in [-0.05, 0) is 0 Å². The van der Waals surface area contributed by atoms with E-state index in [2.05, 4.69) is 10.4 Å². The van der Waals surface area contributed by atoms with Crippen molar-refractivity contribution in [3.05, 3.63) is 12.4 Å². The molecule has 0 unspecified atom stereocenters. The molecule has 0 bridgehead atoms. The van der Waals surface area contributed by atoms with Crippen LogP contribution in [0.25, 0.3) is 0 Å². The number of hydrogen-bond donors (Lipinski definition) is 1. The Kier molecular flexibility index (Phi) is 5.60. The number of amides is 1. The Bertz CT molecular complexity index is 279. The number of carbonyl (C=O) groups is 1. The fourth-order valence-corrected chi connectivity index (χ4v) is 0.772. The molecule has 1 amide bonds. The van der Waals surface area contributed by atoms with E-state index in [-0.39, 0.29) is 11.8 Å². The third-order valence-electron chi connectivity index (χ3n) is 1.50. The van der Waals surface area contributed by atoms with Gasteiger partial charge < -0.3 is 5.32 Å². The summed E-state index contributed by atoms with van der Waals surface area (Å²) >= 11 is 0. The van der Waals surface area contributed by atoms with Crippen molar-refractivity contribution in [2.75, 3.05) is 5.32 Å². The van der Waals surface area contributed by atoms with Crippen LogP contribution in [0.4, 0.5) is 5.69 Å². The second-order valence-electron chi connectivity index (χ2n) is 3.05. The van der Waals surface area contributed by atoms with Gasteiger partial charge in [0, 0.05) is 19.2 Å². The first-order valence-corrected chi connectivity index (χ1v) is 4.89. The Morgan fingerprint density at radius 1 is 1.50 bits per heavy atom. The standard InChI is InChI=1S/C8H13N3O.C2H6/c1-6(2)8(12)10-7-4-9-11(3)5-7;1-2/h4-6H,1-3H3,(H,10,12);1-2H3. The van der Waals surface area contributed by atoms with Gasteiger partial charge in [-0.2, -0.15) is 5.10 Å². The van der Waals surface area contributed by atoms with Crippen LogP contribution < -0.4 is 5.32 Å². The highest BCUT2D eigenvalue weighted by atomic mass is 16.1. The first-order valence-electron chi connectivity index (χ1n) is 4.89. The van der Waals surface area contributed by atoms with E-state index in [9.17, 15) is 4.79 Å². The van der Waals surface area contributed by atoms with Gasteiger partial charge >= 0.3 is 0 Å². The van der Waals surface area contributed by atoms with E-state index in [1.165, 1.54) is 0 Å². The molecule has 0 aliphatic rings. The molecule has 1 aromatic heterocycles. The number of aromatic nitrogens is 2. The van der Waals surface area contributed by atoms with Crippen LogP contribution in [-0.4, -0.2) is 15.7 Å². The molecular weight excluding hydrogens is 178 g/mol. The van der Waals surface area contributed by atoms with Crippen molar-refractivity contribution in [1.29, 1.82) is 0 Å². The van der Waals surface area contributed by atoms with Crippen molar-refractivity contribution in [2.24, 2.45) is 13.0 Å². The maximum atomic E-state index is 11.2. The zero-order chi connectivity index (χ0) is 11.1. The number of carbonyl (C=O) groups excluding carboxylic acids is 1. The van der Waals surface area contributed by atoms with Gasteiger partial charge in [-0.1, -0.05) is 27.7 Å². The lowest BCUT2D eigenvalue weighted by Gasteiger charge is -2.03. The van der Waals surface area contributed by atoms with Crippen LogP contribution in [0.15, 0.2) is 12.4 Å². The molecule has 0 aliphatic heterocycles. The molecule has 0 aliphatic carbocycles. The predicted octanol–water partition coefficient (Wildman–Crippen LogP) is 2.04. The molecule has 1 rings (SSSR count). The summed E-state index contributed by atoms with van der Waals surface area (Å²) in [5, 5.41) is 6.67. The maximum absolute atomic E-state index is 11.2. The normalized spacial score (nSPS) is 9.29. The molecule has 0 spiro atoms. The van der Waals surface area contributed by atoms with E-state index >= 15 is 0 Å². The first kappa shape index (κ1) is 12.7. The second kappa shape index (κ2) is 6.18. The highest BCUT2D eigenvalue weighted by molar-refractivity contribution is 5.91. The molecule has 1 N–H and O–H groups in total. The molecule has 80 valence electrons. The van der Waals surface area contributed by atoms with Crippen molar-refractivity contribution in [3.8, 4) is 0 Å². The molecule has 14 heavy (non-hydrogen) atoms. The molecule has 0 saturated heterocycles. The van der Waals surface area contributed by atoms with E-state index in [0.29, 0.717) is 0 Å². The Morgan fingerprint density at radius 3 is 2.43 bits per heavy atom. The Morgan fingerprint density at radius 2 is 2.07 bits per heavy atom. The molecule has 1 aromatic rings. The average Bonchev–Trinajstić information content (AvgIpc) is 2.54. The smallest absolute Gasteiger partial charge is 0.227 e. The summed E-state index contributed by atoms with van der Waals surface area (Å²) in [6, 6.07) is 0. The highest BCUT2D eigenvalue weighted by Gasteiger charge is 2.07. The fraction of sp³-hybridized carbons (Fsp3) is 0.600. The minimum atomic E-state index is 0.00482. The Balaban J connectivity index is 0.000000791. The number of nitrogens with zero attached hydrogens (tertiary/aromatic N) is 2. The summed E-state index contributed by atoms with van der Waals surface area (Å²) in [4.78, 5) is 11.2. The van der Waals surface area contributed by atoms with Gasteiger partial charge in [0.15, 0.2) is 0 Å². The second-order valence-corrected chi connectivity index (χ2v) is 3.05. The molecule has 0 saturated carbocycles. The quantitative estimate of drug-likeness (QED) is 0.788. The monoisotopic (exact) mass is 197 g/mol. The fourth-order valence-electron chi connectivity index (χ4n) is 0.772. The molecule has 4 nitrogen and oxygen atoms in total. The number of anilines is 1. The molecule has 0 atom stereocenters. The van der Waals surface area contributed by atoms with Crippen LogP contribution in [-0.2, 0) is 11.8 Å². The lowest BCUT2D eigenvalue weighted by molar-refractivity contribution is -0.118. The Labute approximate surface area is 85.3 Å². The molecule has 0 radical (unpaired) electrons. The third-order valence-corrected chi connectivity index (χ3v) is 1.50. The van der Waals surface area contributed by atoms with Gasteiger partial charge in [0.05, 0.1) is 11.9 Å². The van der Waals surface area contributed by atoms with Gasteiger partial charge in [-0.3, -0.25) is 9.48 Å². The largest absolute Gasteiger partial charge is 0.323 e. The zero-order valence-electron chi connectivity index (χ0n) is 9.53. The number of hydrogen-bond acceptors (Lipinski definition) is 2. The highest BCUT2D eigenvalue weighted by Crippen LogP contribution is 2.05. The van der Waals surface area contributed by atoms with E-state index in [1.54, 1.807) is 17.1 Å². The predicted molar refractivity (Wildman–Crippen MR) is 58.0 cm³/mol. The lowest BCUT2D eigenvalue weighted by Crippen LogP contribution is -2.17. The third kappa shape index (κ3) is 4.07. The SMILES string of the molecule is CC.CC(C)C(=O)Nc1cnn(C)c1. The lowest BCUT2D eigenvalue weighted by atomic mass is 10.2. The van der Waals surface area contributed by atoms with Crippen LogP contribution in [0.3, 0.4) is 0 Å². The van der Waals surface area contributed by atoms with Crippen LogP contribution >= 0.6 is 0 Å². The van der Waals surface area contributed by atoms with Crippen LogP contribution in [0, 0.1) is 5.92 Å². The van der Waals surface area contributed by atoms with Crippen molar-refractivity contribution >= 4 is 11.6 Å². The van der Waals surface area contributed by atoms with E-state index in [4.69, 9.17) is 0 Å². The minimum absolute atomic E-state index is 0.00482. The van der Waals surface area contributed by atoms with Crippen molar-refractivity contribution < 1.29 is 4.79 Å². The van der Waals surface area contributed by atoms with Crippen molar-refractivity contribution in [2.45, 2.75) is 27.7 Å². The number of nitrogens with one attached hydrogen (secondary N) is 1. The average molecular weight is 197 g/mol. The van der Waals surface area contributed by atoms with Crippen molar-refractivity contribution in [1.82, 2.24) is 9.78 Å². The van der Waals surface area contributed by atoms with Gasteiger partial charge in [0.2, 0.25) is 5.91 Å². The zero-order valence-corrected chi connectivity index (χ0v) is 9.53. The molecule has 0 aromatic carbocycles. The van der Waals surface area contributed by atoms with Gasteiger partial charge in [-0.25, -0.2) is 0 Å². The number of rotatable bonds is 2. The summed E-state index contributed by atoms with van der Waals surface area (Å²) in [5.74, 6) is 0.0215. The molecule has 0 fully saturated rings. The van der Waals surface area contributed by atoms with Gasteiger partial charge in [0.1, 0.15) is 0 Å². The van der Waals surface area contributed by atoms with E-state index in [1.807, 2.05) is 34.7 Å². The first-order chi connectivity index (χ1) is 6.59. The molecular formula is C10H19N3O. The summed E-state index contributed by atoms with van der Waals surface area (Å²) < 4.78 is 1.65. The van der Waals surface area contributed by atoms with Crippen LogP contribution in [0.1, 0.15) is 27.7 Å². The summed E-state index contributed by atoms with van der Waals surface area (Å²) in [6.07, 6.45) is 3.39. The molecule has 4 heteroatoms. The van der Waals surface area contributed by atoms with E-state index < -0.39 is 0 Å². The topological polar surface area (TPSA) is 46.9 Å². The van der Waals surface area contributed by atoms with Gasteiger partial charge in [-0.15, -0.1) is 0 Å². The van der Waals surface area contributed by atoms with Gasteiger partial charge in [0.25, 0.3) is 0 Å². The van der Waals surface area contributed by atoms with Crippen LogP contribution in [0.2, 0.25) is 0 Å².